The van der Waals surface area contributed by atoms with Gasteiger partial charge in [0.15, 0.2) is 34.9 Å². The Hall–Kier alpha value is -7.36. The first-order valence-electron chi connectivity index (χ1n) is 18.3. The molecule has 0 fully saturated rings. The van der Waals surface area contributed by atoms with Crippen molar-refractivity contribution in [3.8, 4) is 56.7 Å². The topological polar surface area (TPSA) is 77.3 Å². The van der Waals surface area contributed by atoms with Crippen LogP contribution in [0.2, 0.25) is 0 Å². The molecule has 6 heteroatoms. The third kappa shape index (κ3) is 7.07. The molecule has 1 atom stereocenters. The summed E-state index contributed by atoms with van der Waals surface area (Å²) in [5, 5.41) is 0. The summed E-state index contributed by atoms with van der Waals surface area (Å²) in [4.78, 5) is 29.2. The highest BCUT2D eigenvalue weighted by Crippen LogP contribution is 2.37. The van der Waals surface area contributed by atoms with Crippen LogP contribution in [0.25, 0.3) is 67.8 Å². The molecule has 5 aromatic carbocycles. The minimum Gasteiger partial charge on any atom is -0.208 e. The summed E-state index contributed by atoms with van der Waals surface area (Å²) < 4.78 is 0. The smallest absolute Gasteiger partial charge is 0.164 e. The molecule has 0 radical (unpaired) electrons. The molecule has 260 valence electrons. The van der Waals surface area contributed by atoms with Crippen LogP contribution in [-0.2, 0) is 5.41 Å². The molecule has 7 aromatic rings. The van der Waals surface area contributed by atoms with Gasteiger partial charge in [-0.2, -0.15) is 0 Å². The average Bonchev–Trinajstić information content (AvgIpc) is 3.27. The number of benzene rings is 5. The van der Waals surface area contributed by atoms with E-state index in [1.807, 2.05) is 109 Å². The molecule has 0 saturated heterocycles. The van der Waals surface area contributed by atoms with Crippen molar-refractivity contribution in [1.29, 1.82) is 0 Å². The zero-order valence-electron chi connectivity index (χ0n) is 30.1. The van der Waals surface area contributed by atoms with Gasteiger partial charge in [-0.3, -0.25) is 0 Å². The normalized spacial score (nSPS) is 15.8. The number of hydrogen-bond donors (Lipinski definition) is 0. The van der Waals surface area contributed by atoms with Gasteiger partial charge in [0.25, 0.3) is 0 Å². The average molecular weight is 707 g/mol. The summed E-state index contributed by atoms with van der Waals surface area (Å²) in [5.41, 5.74) is 14.9. The van der Waals surface area contributed by atoms with E-state index >= 15 is 0 Å². The third-order valence-corrected chi connectivity index (χ3v) is 9.94. The molecule has 0 bridgehead atoms. The predicted molar refractivity (Wildman–Crippen MR) is 220 cm³/mol. The maximum absolute atomic E-state index is 4.93. The maximum Gasteiger partial charge on any atom is 0.164 e. The van der Waals surface area contributed by atoms with Crippen molar-refractivity contribution >= 4 is 11.1 Å². The van der Waals surface area contributed by atoms with Crippen LogP contribution in [0.15, 0.2) is 187 Å². The number of aromatic nitrogens is 6. The molecule has 0 amide bonds. The monoisotopic (exact) mass is 706 g/mol. The van der Waals surface area contributed by atoms with Gasteiger partial charge in [-0.05, 0) is 41.3 Å². The largest absolute Gasteiger partial charge is 0.208 e. The van der Waals surface area contributed by atoms with Crippen LogP contribution >= 0.6 is 0 Å². The number of allylic oxidation sites excluding steroid dienone is 8. The van der Waals surface area contributed by atoms with E-state index in [4.69, 9.17) is 29.9 Å². The van der Waals surface area contributed by atoms with Gasteiger partial charge in [0, 0.05) is 38.8 Å². The van der Waals surface area contributed by atoms with E-state index in [0.29, 0.717) is 34.9 Å². The van der Waals surface area contributed by atoms with E-state index in [1.54, 1.807) is 0 Å². The Balaban J connectivity index is 0.954. The summed E-state index contributed by atoms with van der Waals surface area (Å²) >= 11 is 0. The lowest BCUT2D eigenvalue weighted by molar-refractivity contribution is 0.601. The Morgan fingerprint density at radius 2 is 0.855 bits per heavy atom. The maximum atomic E-state index is 4.93. The van der Waals surface area contributed by atoms with Gasteiger partial charge in [0.1, 0.15) is 0 Å². The fourth-order valence-corrected chi connectivity index (χ4v) is 6.74. The molecule has 0 aliphatic heterocycles. The van der Waals surface area contributed by atoms with Crippen LogP contribution in [0.5, 0.6) is 0 Å². The van der Waals surface area contributed by atoms with E-state index in [-0.39, 0.29) is 5.41 Å². The van der Waals surface area contributed by atoms with Crippen LogP contribution < -0.4 is 0 Å². The summed E-state index contributed by atoms with van der Waals surface area (Å²) in [7, 11) is 0. The minimum absolute atomic E-state index is 0.176. The van der Waals surface area contributed by atoms with E-state index in [0.717, 1.165) is 50.9 Å². The molecule has 1 unspecified atom stereocenters. The summed E-state index contributed by atoms with van der Waals surface area (Å²) in [6.45, 7) is 2.27. The van der Waals surface area contributed by atoms with E-state index in [1.165, 1.54) is 5.56 Å². The molecule has 0 N–H and O–H groups in total. The SMILES string of the molecule is CC1(c2ccc(-c3ccc(-c4nc(C5=CC=C=C=C5)nc(-c5ccccc5)n4)cc3)cc2)C=CC(c2nc(-c3ccccc3)nc(-c3ccccc3)n2)=CC1. The second-order valence-corrected chi connectivity index (χ2v) is 13.7. The molecular formula is C49H34N6. The van der Waals surface area contributed by atoms with Crippen molar-refractivity contribution in [3.63, 3.8) is 0 Å². The first-order chi connectivity index (χ1) is 27.1. The van der Waals surface area contributed by atoms with Crippen molar-refractivity contribution in [3.05, 3.63) is 205 Å². The minimum atomic E-state index is -0.176. The molecule has 2 aliphatic rings. The quantitative estimate of drug-likeness (QED) is 0.146. The van der Waals surface area contributed by atoms with Gasteiger partial charge < -0.3 is 0 Å². The summed E-state index contributed by atoms with van der Waals surface area (Å²) in [6.07, 6.45) is 13.1. The van der Waals surface area contributed by atoms with E-state index in [2.05, 4.69) is 85.1 Å². The molecule has 2 aliphatic carbocycles. The van der Waals surface area contributed by atoms with Gasteiger partial charge in [-0.15, -0.1) is 0 Å². The van der Waals surface area contributed by atoms with Crippen molar-refractivity contribution in [2.24, 2.45) is 0 Å². The predicted octanol–water partition coefficient (Wildman–Crippen LogP) is 11.0. The van der Waals surface area contributed by atoms with Crippen molar-refractivity contribution in [2.75, 3.05) is 0 Å². The molecule has 55 heavy (non-hydrogen) atoms. The van der Waals surface area contributed by atoms with E-state index < -0.39 is 0 Å². The lowest BCUT2D eigenvalue weighted by Gasteiger charge is -2.29. The third-order valence-electron chi connectivity index (χ3n) is 9.94. The first-order valence-corrected chi connectivity index (χ1v) is 18.3. The molecule has 0 saturated carbocycles. The highest BCUT2D eigenvalue weighted by Gasteiger charge is 2.26. The van der Waals surface area contributed by atoms with Crippen LogP contribution in [0.3, 0.4) is 0 Å². The number of rotatable bonds is 8. The zero-order valence-corrected chi connectivity index (χ0v) is 30.1. The second kappa shape index (κ2) is 14.6. The van der Waals surface area contributed by atoms with Gasteiger partial charge >= 0.3 is 0 Å². The molecule has 0 spiro atoms. The number of nitrogens with zero attached hydrogens (tertiary/aromatic N) is 6. The molecule has 2 aromatic heterocycles. The van der Waals surface area contributed by atoms with Gasteiger partial charge in [-0.25, -0.2) is 29.9 Å². The Morgan fingerprint density at radius 3 is 1.29 bits per heavy atom. The fraction of sp³-hybridized carbons (Fsp3) is 0.0612. The Morgan fingerprint density at radius 1 is 0.436 bits per heavy atom. The standard InChI is InChI=1S/C49H34N6/c1-49(32-30-41(31-33-49)48-54-45(38-18-10-4-11-19-38)51-46(55-48)39-20-12-5-13-21-39)42-28-26-35(27-29-42)34-22-24-40(25-23-34)47-52-43(36-14-6-2-7-15-36)50-44(53-47)37-16-8-3-9-17-37/h2,4-8,10-32H,33H2,1H3. The van der Waals surface area contributed by atoms with Gasteiger partial charge in [0.2, 0.25) is 0 Å². The van der Waals surface area contributed by atoms with Crippen LogP contribution in [0.1, 0.15) is 30.6 Å². The van der Waals surface area contributed by atoms with Crippen LogP contribution in [0.4, 0.5) is 0 Å². The van der Waals surface area contributed by atoms with Crippen molar-refractivity contribution < 1.29 is 0 Å². The van der Waals surface area contributed by atoms with Gasteiger partial charge in [-0.1, -0.05) is 176 Å². The highest BCUT2D eigenvalue weighted by molar-refractivity contribution is 5.76. The van der Waals surface area contributed by atoms with Crippen molar-refractivity contribution in [2.45, 2.75) is 18.8 Å². The van der Waals surface area contributed by atoms with Crippen LogP contribution in [-0.4, -0.2) is 29.9 Å². The van der Waals surface area contributed by atoms with E-state index in [9.17, 15) is 0 Å². The highest BCUT2D eigenvalue weighted by atomic mass is 15.0. The molecule has 2 heterocycles. The number of hydrogen-bond acceptors (Lipinski definition) is 6. The molecular weight excluding hydrogens is 673 g/mol. The molecule has 9 rings (SSSR count). The Kier molecular flexibility index (Phi) is 8.87. The lowest BCUT2D eigenvalue weighted by atomic mass is 9.76. The fourth-order valence-electron chi connectivity index (χ4n) is 6.74. The lowest BCUT2D eigenvalue weighted by Crippen LogP contribution is -2.20. The summed E-state index contributed by atoms with van der Waals surface area (Å²) in [5.74, 6) is 3.84. The second-order valence-electron chi connectivity index (χ2n) is 13.7. The van der Waals surface area contributed by atoms with Gasteiger partial charge in [0.05, 0.1) is 0 Å². The van der Waals surface area contributed by atoms with Crippen molar-refractivity contribution in [1.82, 2.24) is 29.9 Å². The Labute approximate surface area is 320 Å². The summed E-state index contributed by atoms with van der Waals surface area (Å²) in [6, 6.07) is 47.4. The zero-order chi connectivity index (χ0) is 37.0. The Bertz CT molecular complexity index is 2660. The van der Waals surface area contributed by atoms with Crippen LogP contribution in [0, 0.1) is 0 Å². The first kappa shape index (κ1) is 33.5. The molecule has 6 nitrogen and oxygen atoms in total.